The number of hydrogen-bond acceptors (Lipinski definition) is 15. The molecule has 0 radical (unpaired) electrons. The number of alkyl carbamates (subject to hydrolysis) is 1. The lowest BCUT2D eigenvalue weighted by molar-refractivity contribution is -0.136. The zero-order valence-corrected chi connectivity index (χ0v) is 72.6. The second-order valence-electron chi connectivity index (χ2n) is 30.2. The number of carbonyl (C=O) groups excluding carboxylic acids is 5. The first-order valence-electron chi connectivity index (χ1n) is 42.9. The number of nitrogens with one attached hydrogen (secondary N) is 1. The molecule has 0 bridgehead atoms. The molecule has 16 rings (SSSR count). The zero-order chi connectivity index (χ0) is 92.0. The molecule has 3 heterocycles. The molecule has 0 aromatic heterocycles. The van der Waals surface area contributed by atoms with Crippen LogP contribution < -0.4 is 29.0 Å². The highest BCUT2D eigenvalue weighted by Gasteiger charge is 2.44. The number of aliphatic hydroxyl groups is 1. The third-order valence-electron chi connectivity index (χ3n) is 21.2. The minimum atomic E-state index is -0.856. The monoisotopic (exact) mass is 1750 g/mol. The number of hydrogen-bond donors (Lipinski definition) is 3. The van der Waals surface area contributed by atoms with Crippen molar-refractivity contribution in [2.75, 3.05) is 46.1 Å². The van der Waals surface area contributed by atoms with Gasteiger partial charge in [-0.1, -0.05) is 341 Å². The van der Waals surface area contributed by atoms with Gasteiger partial charge in [-0.25, -0.2) is 43.9 Å². The van der Waals surface area contributed by atoms with Gasteiger partial charge >= 0.3 is 24.2 Å². The number of amides is 5. The van der Waals surface area contributed by atoms with Crippen molar-refractivity contribution >= 4 is 36.1 Å². The van der Waals surface area contributed by atoms with E-state index in [1.807, 2.05) is 315 Å². The Morgan fingerprint density at radius 3 is 1.06 bits per heavy atom. The summed E-state index contributed by atoms with van der Waals surface area (Å²) in [6, 6.07) is 114. The van der Waals surface area contributed by atoms with Gasteiger partial charge in [0.2, 0.25) is 31.4 Å². The standard InChI is InChI=1S/C26H22N2O4.C24H21NO4.C18H19NO.C17H17NO2.C15H14O3.C9H9NO2/c1-27-16-22(21-14-8-9-15-24(21)31-17-19-10-4-2-5-11-19)25(29)28-23(18-32-26(28)30)20-12-6-3-7-13-20;26-23(25-21(17-29-24(25)27)19-11-5-2-6-12-19)15-20-13-7-8-14-22(20)28-16-18-9-3-1-4-10-18;1-3-16(13-19-2)17-11-7-8-12-18(17)20-14-15-9-5-4-6-10-15;1-18-11-15(12-19)16-9-5-6-10-17(16)20-13-14-7-3-2-4-8-14;16-15(17)10-13-8-4-5-9-14(13)18-11-12-6-2-1-3-7-12;11-9-10-8(6-12-9)7-4-2-1-3-5-7/h2-15,22-23H,16-18H2;1-14,21H,15-17H2;4-12,16H,3,13-14H2,1H3;2-10,15,19H,11-13H2;1-9H,10-11H2,(H,16,17);1-5,8H,6H2,(H,10,11)/t22-,23+;21-;16-;15-;;8-/m1010.0/s1. The predicted molar refractivity (Wildman–Crippen MR) is 500 cm³/mol. The second kappa shape index (κ2) is 52.1. The van der Waals surface area contributed by atoms with Crippen LogP contribution in [0.1, 0.15) is 122 Å². The molecule has 0 saturated carbocycles. The quantitative estimate of drug-likeness (QED) is 0.0270. The van der Waals surface area contributed by atoms with Crippen molar-refractivity contribution < 1.29 is 76.9 Å². The van der Waals surface area contributed by atoms with Gasteiger partial charge in [0.1, 0.15) is 99.6 Å². The molecule has 0 spiro atoms. The minimum Gasteiger partial charge on any atom is -0.489 e. The second-order valence-corrected chi connectivity index (χ2v) is 30.2. The largest absolute Gasteiger partial charge is 0.489 e. The third kappa shape index (κ3) is 29.5. The molecule has 664 valence electrons. The summed E-state index contributed by atoms with van der Waals surface area (Å²) in [5.41, 5.74) is 12.1. The van der Waals surface area contributed by atoms with Crippen molar-refractivity contribution in [1.29, 1.82) is 0 Å². The lowest BCUT2D eigenvalue weighted by Crippen LogP contribution is -2.38. The fourth-order valence-corrected chi connectivity index (χ4v) is 14.4. The van der Waals surface area contributed by atoms with Crippen LogP contribution in [0, 0.1) is 19.7 Å². The Kier molecular flexibility index (Phi) is 38.0. The molecule has 5 amide bonds. The molecular weight excluding hydrogens is 1650 g/mol. The molecular formula is C109H102N6O16. The van der Waals surface area contributed by atoms with Crippen LogP contribution in [-0.2, 0) is 74.5 Å². The normalized spacial score (nSPS) is 14.3. The Labute approximate surface area is 764 Å². The molecule has 22 heteroatoms. The maximum Gasteiger partial charge on any atom is 0.417 e. The molecule has 3 fully saturated rings. The summed E-state index contributed by atoms with van der Waals surface area (Å²) in [5.74, 6) is 0.983. The SMILES string of the molecule is O=C(Cc1ccccc1OCc1ccccc1)N1C(=O)OC[C@H]1c1ccccc1.O=C(O)Cc1ccccc1OCc1ccccc1.O=C1N[C@H](c2ccccc2)CO1.[C-]#[N+]C[C@@H](C(=O)N1C(=O)OC[C@H]1c1ccccc1)c1ccccc1OCc1ccccc1.[C-]#[N+]C[C@@H](CC)c1ccccc1OCc1ccccc1.[C-]#[N+]C[C@@H](CO)c1ccccc1OCc1ccccc1. The lowest BCUT2D eigenvalue weighted by Gasteiger charge is -2.24. The maximum absolute atomic E-state index is 13.6. The van der Waals surface area contributed by atoms with Crippen LogP contribution in [0.25, 0.3) is 14.5 Å². The van der Waals surface area contributed by atoms with E-state index >= 15 is 0 Å². The topological polar surface area (TPSA) is 248 Å². The van der Waals surface area contributed by atoms with Crippen LogP contribution in [0.15, 0.2) is 364 Å². The number of nitrogens with zero attached hydrogens (tertiary/aromatic N) is 5. The molecule has 3 aliphatic heterocycles. The Bertz CT molecular complexity index is 5760. The number of rotatable bonds is 31. The number of carbonyl (C=O) groups is 6. The van der Waals surface area contributed by atoms with Crippen molar-refractivity contribution in [2.45, 2.75) is 95.1 Å². The minimum absolute atomic E-state index is 0.0229. The van der Waals surface area contributed by atoms with E-state index < -0.39 is 42.1 Å². The molecule has 131 heavy (non-hydrogen) atoms. The van der Waals surface area contributed by atoms with Crippen LogP contribution in [0.2, 0.25) is 0 Å². The molecule has 0 aliphatic carbocycles. The summed E-state index contributed by atoms with van der Waals surface area (Å²) in [6.07, 6.45) is -0.639. The molecule has 3 aliphatic rings. The molecule has 0 unspecified atom stereocenters. The van der Waals surface area contributed by atoms with Crippen molar-refractivity contribution in [1.82, 2.24) is 15.1 Å². The number of imide groups is 2. The molecule has 3 saturated heterocycles. The zero-order valence-electron chi connectivity index (χ0n) is 72.6. The van der Waals surface area contributed by atoms with Crippen molar-refractivity contribution in [3.63, 3.8) is 0 Å². The van der Waals surface area contributed by atoms with Gasteiger partial charge < -0.3 is 68.0 Å². The summed E-state index contributed by atoms with van der Waals surface area (Å²) in [7, 11) is 0. The third-order valence-corrected chi connectivity index (χ3v) is 21.2. The number of cyclic esters (lactones) is 3. The molecule has 3 N–H and O–H groups in total. The van der Waals surface area contributed by atoms with E-state index in [1.165, 1.54) is 4.90 Å². The van der Waals surface area contributed by atoms with E-state index in [1.54, 1.807) is 30.3 Å². The Morgan fingerprint density at radius 2 is 0.687 bits per heavy atom. The van der Waals surface area contributed by atoms with E-state index in [9.17, 15) is 33.9 Å². The first-order chi connectivity index (χ1) is 64.2. The van der Waals surface area contributed by atoms with Crippen LogP contribution in [0.3, 0.4) is 0 Å². The van der Waals surface area contributed by atoms with E-state index in [0.29, 0.717) is 74.6 Å². The van der Waals surface area contributed by atoms with Gasteiger partial charge in [0.25, 0.3) is 0 Å². The van der Waals surface area contributed by atoms with E-state index in [4.69, 9.17) is 62.7 Å². The number of aliphatic carboxylic acids is 1. The first kappa shape index (κ1) is 95.6. The smallest absolute Gasteiger partial charge is 0.417 e. The van der Waals surface area contributed by atoms with Crippen LogP contribution in [0.4, 0.5) is 14.4 Å². The van der Waals surface area contributed by atoms with Gasteiger partial charge in [0, 0.05) is 27.8 Å². The van der Waals surface area contributed by atoms with Gasteiger partial charge in [-0.15, -0.1) is 0 Å². The number of para-hydroxylation sites is 5. The van der Waals surface area contributed by atoms with E-state index in [-0.39, 0.29) is 75.6 Å². The van der Waals surface area contributed by atoms with Crippen LogP contribution in [-0.4, -0.2) is 102 Å². The van der Waals surface area contributed by atoms with Crippen molar-refractivity contribution in [2.24, 2.45) is 0 Å². The molecule has 22 nitrogen and oxygen atoms in total. The van der Waals surface area contributed by atoms with Gasteiger partial charge in [-0.3, -0.25) is 14.4 Å². The van der Waals surface area contributed by atoms with Gasteiger partial charge in [0.15, 0.2) is 0 Å². The predicted octanol–water partition coefficient (Wildman–Crippen LogP) is 21.8. The molecule has 13 aromatic carbocycles. The first-order valence-corrected chi connectivity index (χ1v) is 42.9. The number of carboxylic acids is 1. The van der Waals surface area contributed by atoms with Gasteiger partial charge in [0.05, 0.1) is 37.3 Å². The Morgan fingerprint density at radius 1 is 0.374 bits per heavy atom. The fourth-order valence-electron chi connectivity index (χ4n) is 14.4. The van der Waals surface area contributed by atoms with E-state index in [0.717, 1.165) is 84.0 Å². The lowest BCUT2D eigenvalue weighted by atomic mass is 9.95. The Balaban J connectivity index is 0.000000155. The van der Waals surface area contributed by atoms with Crippen LogP contribution in [0.5, 0.6) is 28.7 Å². The van der Waals surface area contributed by atoms with E-state index in [2.05, 4.69) is 45.0 Å². The molecule has 13 aromatic rings. The fraction of sp³-hybridized carbons (Fsp3) is 0.202. The highest BCUT2D eigenvalue weighted by Crippen LogP contribution is 2.37. The number of aliphatic hydroxyl groups excluding tert-OH is 1. The van der Waals surface area contributed by atoms with Gasteiger partial charge in [-0.05, 0) is 81.3 Å². The maximum atomic E-state index is 13.6. The van der Waals surface area contributed by atoms with Crippen LogP contribution >= 0.6 is 0 Å². The average molecular weight is 1750 g/mol. The summed E-state index contributed by atoms with van der Waals surface area (Å²) in [4.78, 5) is 85.5. The number of ether oxygens (including phenoxy) is 8. The summed E-state index contributed by atoms with van der Waals surface area (Å²) >= 11 is 0. The summed E-state index contributed by atoms with van der Waals surface area (Å²) < 4.78 is 44.5. The highest BCUT2D eigenvalue weighted by molar-refractivity contribution is 5.98. The summed E-state index contributed by atoms with van der Waals surface area (Å²) in [5, 5.41) is 21.0. The molecule has 6 atom stereocenters. The van der Waals surface area contributed by atoms with Gasteiger partial charge in [-0.2, -0.15) is 0 Å². The highest BCUT2D eigenvalue weighted by atomic mass is 16.6. The van der Waals surface area contributed by atoms with Crippen molar-refractivity contribution in [3.05, 3.63) is 471 Å². The summed E-state index contributed by atoms with van der Waals surface area (Å²) in [6.45, 7) is 27.1. The number of benzene rings is 13. The number of carboxylic acid groups (broad SMARTS) is 1. The average Bonchev–Trinajstić information content (AvgIpc) is 1.67. The van der Waals surface area contributed by atoms with Crippen molar-refractivity contribution in [3.8, 4) is 28.7 Å². The Hall–Kier alpha value is -16.1.